The molecule has 3 rings (SSSR count). The van der Waals surface area contributed by atoms with Gasteiger partial charge in [-0.2, -0.15) is 0 Å². The molecule has 3 aromatic rings. The van der Waals surface area contributed by atoms with Crippen LogP contribution in [0, 0.1) is 0 Å². The van der Waals surface area contributed by atoms with Crippen molar-refractivity contribution in [3.8, 4) is 0 Å². The van der Waals surface area contributed by atoms with Crippen LogP contribution in [0.15, 0.2) is 59.1 Å². The lowest BCUT2D eigenvalue weighted by Gasteiger charge is -2.08. The summed E-state index contributed by atoms with van der Waals surface area (Å²) in [6.45, 7) is 2.14. The molecule has 0 amide bonds. The lowest BCUT2D eigenvalue weighted by atomic mass is 10.1. The predicted molar refractivity (Wildman–Crippen MR) is 101 cm³/mol. The Morgan fingerprint density at radius 2 is 1.92 bits per heavy atom. The zero-order valence-electron chi connectivity index (χ0n) is 13.2. The van der Waals surface area contributed by atoms with Gasteiger partial charge in [0.15, 0.2) is 0 Å². The number of nitrogens with zero attached hydrogens (tertiary/aromatic N) is 1. The third kappa shape index (κ3) is 3.71. The molecule has 0 saturated carbocycles. The lowest BCUT2D eigenvalue weighted by molar-refractivity contribution is 0.0528. The van der Waals surface area contributed by atoms with Crippen molar-refractivity contribution in [2.75, 3.05) is 6.61 Å². The van der Waals surface area contributed by atoms with Crippen molar-refractivity contribution < 1.29 is 9.53 Å². The number of hydrogen-bond donors (Lipinski definition) is 0. The number of hydrogen-bond acceptors (Lipinski definition) is 3. The van der Waals surface area contributed by atoms with Crippen LogP contribution in [0.2, 0.25) is 0 Å². The van der Waals surface area contributed by atoms with Gasteiger partial charge in [0.1, 0.15) is 0 Å². The van der Waals surface area contributed by atoms with E-state index in [4.69, 9.17) is 4.74 Å². The van der Waals surface area contributed by atoms with Crippen molar-refractivity contribution in [3.63, 3.8) is 0 Å². The van der Waals surface area contributed by atoms with Crippen molar-refractivity contribution in [2.45, 2.75) is 6.92 Å². The van der Waals surface area contributed by atoms with E-state index in [1.54, 1.807) is 13.0 Å². The summed E-state index contributed by atoms with van der Waals surface area (Å²) in [4.78, 5) is 16.9. The highest BCUT2D eigenvalue weighted by molar-refractivity contribution is 9.10. The fraction of sp³-hybridized carbons (Fsp3) is 0.100. The van der Waals surface area contributed by atoms with E-state index in [-0.39, 0.29) is 5.97 Å². The Morgan fingerprint density at radius 3 is 2.67 bits per heavy atom. The van der Waals surface area contributed by atoms with Crippen LogP contribution in [0.4, 0.5) is 0 Å². The van der Waals surface area contributed by atoms with E-state index in [2.05, 4.69) is 20.9 Å². The second kappa shape index (κ2) is 7.41. The van der Waals surface area contributed by atoms with Crippen molar-refractivity contribution in [1.82, 2.24) is 4.98 Å². The first kappa shape index (κ1) is 16.4. The van der Waals surface area contributed by atoms with E-state index < -0.39 is 0 Å². The number of esters is 1. The SMILES string of the molecule is CCOC(=O)c1cc(/C=C/c2ccccc2)nc2ccc(Br)cc12. The van der Waals surface area contributed by atoms with E-state index >= 15 is 0 Å². The predicted octanol–water partition coefficient (Wildman–Crippen LogP) is 5.34. The summed E-state index contributed by atoms with van der Waals surface area (Å²) >= 11 is 3.44. The molecule has 0 saturated heterocycles. The van der Waals surface area contributed by atoms with E-state index in [9.17, 15) is 4.79 Å². The summed E-state index contributed by atoms with van der Waals surface area (Å²) in [6.07, 6.45) is 3.88. The molecule has 0 spiro atoms. The van der Waals surface area contributed by atoms with E-state index in [0.717, 1.165) is 26.6 Å². The highest BCUT2D eigenvalue weighted by atomic mass is 79.9. The maximum absolute atomic E-state index is 12.3. The zero-order chi connectivity index (χ0) is 16.9. The van der Waals surface area contributed by atoms with Crippen LogP contribution in [-0.2, 0) is 4.74 Å². The van der Waals surface area contributed by atoms with E-state index in [0.29, 0.717) is 12.2 Å². The van der Waals surface area contributed by atoms with Gasteiger partial charge in [0, 0.05) is 9.86 Å². The Balaban J connectivity index is 2.07. The molecule has 0 radical (unpaired) electrons. The monoisotopic (exact) mass is 381 g/mol. The van der Waals surface area contributed by atoms with Crippen LogP contribution in [0.3, 0.4) is 0 Å². The topological polar surface area (TPSA) is 39.2 Å². The molecule has 3 nitrogen and oxygen atoms in total. The highest BCUT2D eigenvalue weighted by Gasteiger charge is 2.13. The number of fused-ring (bicyclic) bond motifs is 1. The molecule has 1 heterocycles. The van der Waals surface area contributed by atoms with Crippen LogP contribution in [-0.4, -0.2) is 17.6 Å². The van der Waals surface area contributed by atoms with Crippen LogP contribution in [0.1, 0.15) is 28.5 Å². The second-order valence-electron chi connectivity index (χ2n) is 5.22. The summed E-state index contributed by atoms with van der Waals surface area (Å²) in [5.74, 6) is -0.336. The van der Waals surface area contributed by atoms with Crippen LogP contribution in [0.5, 0.6) is 0 Å². The Labute approximate surface area is 149 Å². The standard InChI is InChI=1S/C20H16BrNO2/c1-2-24-20(23)18-13-16(10-8-14-6-4-3-5-7-14)22-19-11-9-15(21)12-17(18)19/h3-13H,2H2,1H3/b10-8+. The van der Waals surface area contributed by atoms with Gasteiger partial charge in [0.2, 0.25) is 0 Å². The summed E-state index contributed by atoms with van der Waals surface area (Å²) in [5, 5.41) is 0.777. The van der Waals surface area contributed by atoms with Crippen molar-refractivity contribution in [2.24, 2.45) is 0 Å². The Kier molecular flexibility index (Phi) is 5.06. The Hall–Kier alpha value is -2.46. The van der Waals surface area contributed by atoms with Gasteiger partial charge < -0.3 is 4.74 Å². The molecule has 4 heteroatoms. The minimum absolute atomic E-state index is 0.336. The van der Waals surface area contributed by atoms with Crippen LogP contribution < -0.4 is 0 Å². The van der Waals surface area contributed by atoms with E-state index in [1.807, 2.05) is 60.7 Å². The quantitative estimate of drug-likeness (QED) is 0.572. The number of halogens is 1. The van der Waals surface area contributed by atoms with Gasteiger partial charge in [-0.05, 0) is 42.8 Å². The largest absolute Gasteiger partial charge is 0.462 e. The number of ether oxygens (including phenoxy) is 1. The fourth-order valence-corrected chi connectivity index (χ4v) is 2.79. The highest BCUT2D eigenvalue weighted by Crippen LogP contribution is 2.24. The first-order valence-corrected chi connectivity index (χ1v) is 8.47. The van der Waals surface area contributed by atoms with Crippen molar-refractivity contribution in [1.29, 1.82) is 0 Å². The first-order chi connectivity index (χ1) is 11.7. The molecule has 0 unspecified atom stereocenters. The average Bonchev–Trinajstić information content (AvgIpc) is 2.60. The fourth-order valence-electron chi connectivity index (χ4n) is 2.43. The molecule has 2 aromatic carbocycles. The summed E-state index contributed by atoms with van der Waals surface area (Å²) < 4.78 is 6.09. The molecule has 0 atom stereocenters. The number of aromatic nitrogens is 1. The average molecular weight is 382 g/mol. The molecule has 0 bridgehead atoms. The minimum Gasteiger partial charge on any atom is -0.462 e. The smallest absolute Gasteiger partial charge is 0.338 e. The molecule has 1 aromatic heterocycles. The molecular formula is C20H16BrNO2. The maximum atomic E-state index is 12.3. The molecule has 24 heavy (non-hydrogen) atoms. The normalized spacial score (nSPS) is 11.1. The van der Waals surface area contributed by atoms with Gasteiger partial charge in [0.05, 0.1) is 23.4 Å². The van der Waals surface area contributed by atoms with Gasteiger partial charge >= 0.3 is 5.97 Å². The lowest BCUT2D eigenvalue weighted by Crippen LogP contribution is -2.06. The van der Waals surface area contributed by atoms with Gasteiger partial charge in [-0.25, -0.2) is 9.78 Å². The summed E-state index contributed by atoms with van der Waals surface area (Å²) in [5.41, 5.74) is 3.08. The number of benzene rings is 2. The summed E-state index contributed by atoms with van der Waals surface area (Å²) in [6, 6.07) is 17.4. The number of pyridine rings is 1. The Morgan fingerprint density at radius 1 is 1.12 bits per heavy atom. The molecule has 0 aliphatic heterocycles. The number of carbonyl (C=O) groups is 1. The summed E-state index contributed by atoms with van der Waals surface area (Å²) in [7, 11) is 0. The minimum atomic E-state index is -0.336. The number of rotatable bonds is 4. The maximum Gasteiger partial charge on any atom is 0.338 e. The molecule has 0 N–H and O–H groups in total. The van der Waals surface area contributed by atoms with Crippen molar-refractivity contribution in [3.05, 3.63) is 75.9 Å². The second-order valence-corrected chi connectivity index (χ2v) is 6.14. The Bertz CT molecular complexity index is 904. The first-order valence-electron chi connectivity index (χ1n) is 7.68. The van der Waals surface area contributed by atoms with Crippen LogP contribution in [0.25, 0.3) is 23.1 Å². The molecule has 0 aliphatic rings. The molecule has 0 aliphatic carbocycles. The third-order valence-electron chi connectivity index (χ3n) is 3.53. The number of carbonyl (C=O) groups excluding carboxylic acids is 1. The molecule has 0 fully saturated rings. The van der Waals surface area contributed by atoms with Gasteiger partial charge in [0.25, 0.3) is 0 Å². The third-order valence-corrected chi connectivity index (χ3v) is 4.03. The van der Waals surface area contributed by atoms with Gasteiger partial charge in [-0.3, -0.25) is 0 Å². The molecule has 120 valence electrons. The van der Waals surface area contributed by atoms with Crippen molar-refractivity contribution >= 4 is 45.0 Å². The zero-order valence-corrected chi connectivity index (χ0v) is 14.8. The van der Waals surface area contributed by atoms with Crippen LogP contribution >= 0.6 is 15.9 Å². The van der Waals surface area contributed by atoms with Gasteiger partial charge in [-0.15, -0.1) is 0 Å². The molecular weight excluding hydrogens is 366 g/mol. The van der Waals surface area contributed by atoms with E-state index in [1.165, 1.54) is 0 Å². The van der Waals surface area contributed by atoms with Gasteiger partial charge in [-0.1, -0.05) is 52.3 Å².